The first-order valence-electron chi connectivity index (χ1n) is 5.07. The van der Waals surface area contributed by atoms with E-state index in [9.17, 15) is 5.11 Å². The van der Waals surface area contributed by atoms with Gasteiger partial charge in [0.25, 0.3) is 0 Å². The van der Waals surface area contributed by atoms with Gasteiger partial charge in [-0.2, -0.15) is 11.8 Å². The molecule has 1 nitrogen and oxygen atoms in total. The summed E-state index contributed by atoms with van der Waals surface area (Å²) in [5.41, 5.74) is 2.24. The van der Waals surface area contributed by atoms with Crippen molar-refractivity contribution >= 4 is 11.8 Å². The lowest BCUT2D eigenvalue weighted by atomic mass is 10.1. The molecule has 0 heterocycles. The zero-order chi connectivity index (χ0) is 10.4. The van der Waals surface area contributed by atoms with Crippen molar-refractivity contribution in [3.63, 3.8) is 0 Å². The first-order valence-corrected chi connectivity index (χ1v) is 6.22. The van der Waals surface area contributed by atoms with Crippen molar-refractivity contribution in [3.8, 4) is 0 Å². The third-order valence-electron chi connectivity index (χ3n) is 2.17. The second-order valence-electron chi connectivity index (χ2n) is 3.45. The van der Waals surface area contributed by atoms with Crippen molar-refractivity contribution in [3.05, 3.63) is 35.4 Å². The fraction of sp³-hybridized carbons (Fsp3) is 0.500. The largest absolute Gasteiger partial charge is 0.388 e. The Labute approximate surface area is 90.5 Å². The van der Waals surface area contributed by atoms with E-state index in [1.807, 2.05) is 43.0 Å². The summed E-state index contributed by atoms with van der Waals surface area (Å²) >= 11 is 1.81. The number of aliphatic hydroxyl groups excluding tert-OH is 1. The molecule has 2 heteroatoms. The molecule has 0 saturated heterocycles. The third kappa shape index (κ3) is 3.35. The Balaban J connectivity index is 2.51. The molecular weight excluding hydrogens is 192 g/mol. The van der Waals surface area contributed by atoms with Crippen molar-refractivity contribution < 1.29 is 5.11 Å². The van der Waals surface area contributed by atoms with Crippen LogP contribution in [0.5, 0.6) is 0 Å². The van der Waals surface area contributed by atoms with Crippen LogP contribution in [-0.4, -0.2) is 16.6 Å². The van der Waals surface area contributed by atoms with Crippen LogP contribution in [0.3, 0.4) is 0 Å². The lowest BCUT2D eigenvalue weighted by Crippen LogP contribution is -2.03. The number of hydrogen-bond donors (Lipinski definition) is 1. The molecule has 0 aromatic heterocycles. The highest BCUT2D eigenvalue weighted by Gasteiger charge is 2.08. The van der Waals surface area contributed by atoms with Crippen molar-refractivity contribution in [1.29, 1.82) is 0 Å². The highest BCUT2D eigenvalue weighted by molar-refractivity contribution is 7.99. The highest BCUT2D eigenvalue weighted by atomic mass is 32.2. The topological polar surface area (TPSA) is 20.2 Å². The summed E-state index contributed by atoms with van der Waals surface area (Å²) in [4.78, 5) is 0. The standard InChI is InChI=1S/C12H18OS/c1-3-8-14-9-12(13)11-7-5-4-6-10(11)2/h4-7,12-13H,3,8-9H2,1-2H3. The zero-order valence-electron chi connectivity index (χ0n) is 8.86. The highest BCUT2D eigenvalue weighted by Crippen LogP contribution is 2.21. The molecule has 1 atom stereocenters. The van der Waals surface area contributed by atoms with E-state index >= 15 is 0 Å². The molecular formula is C12H18OS. The summed E-state index contributed by atoms with van der Waals surface area (Å²) in [6.45, 7) is 4.20. The normalized spacial score (nSPS) is 12.8. The Morgan fingerprint density at radius 3 is 2.71 bits per heavy atom. The van der Waals surface area contributed by atoms with Crippen LogP contribution in [0.2, 0.25) is 0 Å². The fourth-order valence-corrected chi connectivity index (χ4v) is 2.25. The predicted molar refractivity (Wildman–Crippen MR) is 63.8 cm³/mol. The molecule has 0 spiro atoms. The average molecular weight is 210 g/mol. The van der Waals surface area contributed by atoms with Crippen molar-refractivity contribution in [2.24, 2.45) is 0 Å². The average Bonchev–Trinajstić information content (AvgIpc) is 2.18. The summed E-state index contributed by atoms with van der Waals surface area (Å²) in [6.07, 6.45) is 0.860. The second kappa shape index (κ2) is 6.10. The molecule has 1 unspecified atom stereocenters. The molecule has 0 amide bonds. The van der Waals surface area contributed by atoms with E-state index in [1.54, 1.807) is 0 Å². The van der Waals surface area contributed by atoms with Gasteiger partial charge in [-0.3, -0.25) is 0 Å². The Hall–Kier alpha value is -0.470. The number of thioether (sulfide) groups is 1. The quantitative estimate of drug-likeness (QED) is 0.753. The van der Waals surface area contributed by atoms with Gasteiger partial charge in [0.1, 0.15) is 0 Å². The number of benzene rings is 1. The van der Waals surface area contributed by atoms with Crippen LogP contribution in [0.15, 0.2) is 24.3 Å². The Morgan fingerprint density at radius 1 is 1.36 bits per heavy atom. The minimum absolute atomic E-state index is 0.312. The van der Waals surface area contributed by atoms with E-state index in [4.69, 9.17) is 0 Å². The van der Waals surface area contributed by atoms with Crippen LogP contribution >= 0.6 is 11.8 Å². The van der Waals surface area contributed by atoms with Crippen LogP contribution in [0.25, 0.3) is 0 Å². The molecule has 1 aromatic carbocycles. The Kier molecular flexibility index (Phi) is 5.05. The van der Waals surface area contributed by atoms with Crippen LogP contribution in [0.1, 0.15) is 30.6 Å². The van der Waals surface area contributed by atoms with Gasteiger partial charge in [-0.25, -0.2) is 0 Å². The van der Waals surface area contributed by atoms with E-state index in [1.165, 1.54) is 12.0 Å². The third-order valence-corrected chi connectivity index (χ3v) is 3.42. The van der Waals surface area contributed by atoms with Crippen LogP contribution in [-0.2, 0) is 0 Å². The number of aryl methyl sites for hydroxylation is 1. The molecule has 0 aliphatic rings. The van der Waals surface area contributed by atoms with Gasteiger partial charge in [0, 0.05) is 5.75 Å². The molecule has 0 aliphatic carbocycles. The first-order chi connectivity index (χ1) is 6.75. The SMILES string of the molecule is CCCSCC(O)c1ccccc1C. The van der Waals surface area contributed by atoms with Crippen molar-refractivity contribution in [2.45, 2.75) is 26.4 Å². The summed E-state index contributed by atoms with van der Waals surface area (Å²) in [7, 11) is 0. The van der Waals surface area contributed by atoms with E-state index in [-0.39, 0.29) is 6.10 Å². The van der Waals surface area contributed by atoms with Gasteiger partial charge in [0.2, 0.25) is 0 Å². The zero-order valence-corrected chi connectivity index (χ0v) is 9.68. The Morgan fingerprint density at radius 2 is 2.07 bits per heavy atom. The van der Waals surface area contributed by atoms with Gasteiger partial charge in [0.05, 0.1) is 6.10 Å². The summed E-state index contributed by atoms with van der Waals surface area (Å²) < 4.78 is 0. The van der Waals surface area contributed by atoms with Gasteiger partial charge in [-0.15, -0.1) is 0 Å². The summed E-state index contributed by atoms with van der Waals surface area (Å²) in [6, 6.07) is 8.04. The van der Waals surface area contributed by atoms with E-state index in [0.717, 1.165) is 17.1 Å². The monoisotopic (exact) mass is 210 g/mol. The molecule has 14 heavy (non-hydrogen) atoms. The second-order valence-corrected chi connectivity index (χ2v) is 4.60. The maximum absolute atomic E-state index is 9.91. The fourth-order valence-electron chi connectivity index (χ4n) is 1.39. The minimum atomic E-state index is -0.312. The maximum atomic E-state index is 9.91. The van der Waals surface area contributed by atoms with Crippen LogP contribution in [0, 0.1) is 6.92 Å². The van der Waals surface area contributed by atoms with Gasteiger partial charge < -0.3 is 5.11 Å². The minimum Gasteiger partial charge on any atom is -0.388 e. The lowest BCUT2D eigenvalue weighted by Gasteiger charge is -2.12. The van der Waals surface area contributed by atoms with E-state index in [2.05, 4.69) is 6.92 Å². The van der Waals surface area contributed by atoms with Gasteiger partial charge in [-0.05, 0) is 30.2 Å². The summed E-state index contributed by atoms with van der Waals surface area (Å²) in [5, 5.41) is 9.91. The molecule has 1 aromatic rings. The van der Waals surface area contributed by atoms with Crippen LogP contribution < -0.4 is 0 Å². The van der Waals surface area contributed by atoms with Gasteiger partial charge in [0.15, 0.2) is 0 Å². The molecule has 0 aliphatic heterocycles. The van der Waals surface area contributed by atoms with Gasteiger partial charge in [-0.1, -0.05) is 31.2 Å². The smallest absolute Gasteiger partial charge is 0.0882 e. The first kappa shape index (κ1) is 11.6. The summed E-state index contributed by atoms with van der Waals surface area (Å²) in [5.74, 6) is 1.93. The van der Waals surface area contributed by atoms with Crippen LogP contribution in [0.4, 0.5) is 0 Å². The van der Waals surface area contributed by atoms with Crippen molar-refractivity contribution in [2.75, 3.05) is 11.5 Å². The molecule has 78 valence electrons. The Bertz CT molecular complexity index is 273. The molecule has 0 saturated carbocycles. The maximum Gasteiger partial charge on any atom is 0.0882 e. The number of aliphatic hydroxyl groups is 1. The lowest BCUT2D eigenvalue weighted by molar-refractivity contribution is 0.203. The predicted octanol–water partition coefficient (Wildman–Crippen LogP) is 3.17. The van der Waals surface area contributed by atoms with Crippen molar-refractivity contribution in [1.82, 2.24) is 0 Å². The number of hydrogen-bond acceptors (Lipinski definition) is 2. The van der Waals surface area contributed by atoms with E-state index in [0.29, 0.717) is 0 Å². The molecule has 1 N–H and O–H groups in total. The molecule has 1 rings (SSSR count). The molecule has 0 radical (unpaired) electrons. The van der Waals surface area contributed by atoms with E-state index < -0.39 is 0 Å². The number of rotatable bonds is 5. The molecule has 0 bridgehead atoms. The van der Waals surface area contributed by atoms with Gasteiger partial charge >= 0.3 is 0 Å². The molecule has 0 fully saturated rings.